The maximum atomic E-state index is 12.5. The average molecular weight is 324 g/mol. The summed E-state index contributed by atoms with van der Waals surface area (Å²) in [4.78, 5) is 24.9. The van der Waals surface area contributed by atoms with Gasteiger partial charge >= 0.3 is 0 Å². The zero-order chi connectivity index (χ0) is 17.6. The van der Waals surface area contributed by atoms with Crippen molar-refractivity contribution < 1.29 is 9.59 Å². The van der Waals surface area contributed by atoms with Gasteiger partial charge in [0.05, 0.1) is 11.3 Å². The SMILES string of the molecule is CCC(C)(C)C(=O)Nc1ccccc1C(=O)NCc1ccccc1. The lowest BCUT2D eigenvalue weighted by Crippen LogP contribution is -2.31. The summed E-state index contributed by atoms with van der Waals surface area (Å²) >= 11 is 0. The van der Waals surface area contributed by atoms with Crippen molar-refractivity contribution in [3.05, 3.63) is 65.7 Å². The van der Waals surface area contributed by atoms with E-state index in [9.17, 15) is 9.59 Å². The molecule has 4 heteroatoms. The zero-order valence-electron chi connectivity index (χ0n) is 14.4. The van der Waals surface area contributed by atoms with Crippen LogP contribution in [0.3, 0.4) is 0 Å². The topological polar surface area (TPSA) is 58.2 Å². The number of para-hydroxylation sites is 1. The summed E-state index contributed by atoms with van der Waals surface area (Å²) in [6.07, 6.45) is 0.723. The quantitative estimate of drug-likeness (QED) is 0.844. The van der Waals surface area contributed by atoms with Gasteiger partial charge in [-0.05, 0) is 24.1 Å². The Bertz CT molecular complexity index is 709. The molecular formula is C20H24N2O2. The smallest absolute Gasteiger partial charge is 0.253 e. The van der Waals surface area contributed by atoms with Gasteiger partial charge in [0.2, 0.25) is 5.91 Å². The van der Waals surface area contributed by atoms with Gasteiger partial charge in [0.15, 0.2) is 0 Å². The first-order chi connectivity index (χ1) is 11.4. The zero-order valence-corrected chi connectivity index (χ0v) is 14.4. The Balaban J connectivity index is 2.10. The van der Waals surface area contributed by atoms with Crippen LogP contribution < -0.4 is 10.6 Å². The van der Waals surface area contributed by atoms with Crippen LogP contribution in [-0.4, -0.2) is 11.8 Å². The molecule has 0 aliphatic heterocycles. The predicted octanol–water partition coefficient (Wildman–Crippen LogP) is 3.99. The van der Waals surface area contributed by atoms with Crippen LogP contribution >= 0.6 is 0 Å². The summed E-state index contributed by atoms with van der Waals surface area (Å²) < 4.78 is 0. The van der Waals surface area contributed by atoms with Crippen molar-refractivity contribution in [2.75, 3.05) is 5.32 Å². The van der Waals surface area contributed by atoms with E-state index in [1.165, 1.54) is 0 Å². The van der Waals surface area contributed by atoms with Crippen molar-refractivity contribution in [2.24, 2.45) is 5.41 Å². The van der Waals surface area contributed by atoms with Crippen LogP contribution in [0.2, 0.25) is 0 Å². The molecule has 0 unspecified atom stereocenters. The second-order valence-electron chi connectivity index (χ2n) is 6.41. The van der Waals surface area contributed by atoms with E-state index >= 15 is 0 Å². The summed E-state index contributed by atoms with van der Waals surface area (Å²) in [5.74, 6) is -0.294. The predicted molar refractivity (Wildman–Crippen MR) is 96.8 cm³/mol. The number of nitrogens with one attached hydrogen (secondary N) is 2. The van der Waals surface area contributed by atoms with Gasteiger partial charge in [0.1, 0.15) is 0 Å². The second-order valence-corrected chi connectivity index (χ2v) is 6.41. The minimum absolute atomic E-state index is 0.0895. The fourth-order valence-corrected chi connectivity index (χ4v) is 2.12. The molecule has 0 spiro atoms. The molecule has 0 radical (unpaired) electrons. The standard InChI is InChI=1S/C20H24N2O2/c1-4-20(2,3)19(24)22-17-13-9-8-12-16(17)18(23)21-14-15-10-6-5-7-11-15/h5-13H,4,14H2,1-3H3,(H,21,23)(H,22,24). The lowest BCUT2D eigenvalue weighted by Gasteiger charge is -2.22. The number of carbonyl (C=O) groups is 2. The molecule has 2 amide bonds. The average Bonchev–Trinajstić information content (AvgIpc) is 2.61. The Labute approximate surface area is 143 Å². The Hall–Kier alpha value is -2.62. The second kappa shape index (κ2) is 7.77. The van der Waals surface area contributed by atoms with E-state index in [2.05, 4.69) is 10.6 Å². The third-order valence-electron chi connectivity index (χ3n) is 4.21. The van der Waals surface area contributed by atoms with Gasteiger partial charge in [-0.1, -0.05) is 63.2 Å². The fraction of sp³-hybridized carbons (Fsp3) is 0.300. The van der Waals surface area contributed by atoms with E-state index in [4.69, 9.17) is 0 Å². The van der Waals surface area contributed by atoms with Crippen molar-refractivity contribution in [3.63, 3.8) is 0 Å². The molecule has 126 valence electrons. The molecule has 0 aliphatic carbocycles. The normalized spacial score (nSPS) is 11.0. The van der Waals surface area contributed by atoms with Gasteiger partial charge in [-0.25, -0.2) is 0 Å². The van der Waals surface area contributed by atoms with Crippen molar-refractivity contribution in [3.8, 4) is 0 Å². The van der Waals surface area contributed by atoms with E-state index in [0.29, 0.717) is 17.8 Å². The maximum absolute atomic E-state index is 12.5. The molecule has 0 fully saturated rings. The van der Waals surface area contributed by atoms with Crippen molar-refractivity contribution >= 4 is 17.5 Å². The number of rotatable bonds is 6. The highest BCUT2D eigenvalue weighted by Crippen LogP contribution is 2.24. The molecule has 0 aromatic heterocycles. The van der Waals surface area contributed by atoms with E-state index < -0.39 is 5.41 Å². The van der Waals surface area contributed by atoms with Crippen LogP contribution in [0.1, 0.15) is 43.1 Å². The summed E-state index contributed by atoms with van der Waals surface area (Å²) in [6.45, 7) is 6.20. The minimum Gasteiger partial charge on any atom is -0.348 e. The van der Waals surface area contributed by atoms with Crippen LogP contribution in [0.25, 0.3) is 0 Å². The Morgan fingerprint density at radius 3 is 2.25 bits per heavy atom. The van der Waals surface area contributed by atoms with E-state index in [1.54, 1.807) is 18.2 Å². The Morgan fingerprint density at radius 1 is 0.958 bits per heavy atom. The van der Waals surface area contributed by atoms with E-state index in [1.807, 2.05) is 57.2 Å². The van der Waals surface area contributed by atoms with Crippen LogP contribution in [0, 0.1) is 5.41 Å². The Kier molecular flexibility index (Phi) is 5.74. The first-order valence-electron chi connectivity index (χ1n) is 8.16. The van der Waals surface area contributed by atoms with Crippen molar-refractivity contribution in [1.82, 2.24) is 5.32 Å². The van der Waals surface area contributed by atoms with Gasteiger partial charge < -0.3 is 10.6 Å². The van der Waals surface area contributed by atoms with Gasteiger partial charge in [0.25, 0.3) is 5.91 Å². The molecule has 0 bridgehead atoms. The van der Waals surface area contributed by atoms with Crippen molar-refractivity contribution in [1.29, 1.82) is 0 Å². The Morgan fingerprint density at radius 2 is 1.58 bits per heavy atom. The molecule has 0 aliphatic rings. The molecule has 24 heavy (non-hydrogen) atoms. The number of benzene rings is 2. The highest BCUT2D eigenvalue weighted by atomic mass is 16.2. The summed E-state index contributed by atoms with van der Waals surface area (Å²) in [7, 11) is 0. The number of carbonyl (C=O) groups excluding carboxylic acids is 2. The lowest BCUT2D eigenvalue weighted by atomic mass is 9.89. The van der Waals surface area contributed by atoms with E-state index in [0.717, 1.165) is 12.0 Å². The molecular weight excluding hydrogens is 300 g/mol. The molecule has 0 saturated heterocycles. The first kappa shape index (κ1) is 17.7. The molecule has 0 atom stereocenters. The number of hydrogen-bond donors (Lipinski definition) is 2. The van der Waals surface area contributed by atoms with Crippen LogP contribution in [0.5, 0.6) is 0 Å². The molecule has 2 N–H and O–H groups in total. The summed E-state index contributed by atoms with van der Waals surface area (Å²) in [5, 5.41) is 5.77. The molecule has 2 aromatic rings. The highest BCUT2D eigenvalue weighted by Gasteiger charge is 2.26. The maximum Gasteiger partial charge on any atom is 0.253 e. The van der Waals surface area contributed by atoms with Gasteiger partial charge in [0, 0.05) is 12.0 Å². The van der Waals surface area contributed by atoms with Crippen LogP contribution in [0.4, 0.5) is 5.69 Å². The fourth-order valence-electron chi connectivity index (χ4n) is 2.12. The van der Waals surface area contributed by atoms with Crippen LogP contribution in [-0.2, 0) is 11.3 Å². The lowest BCUT2D eigenvalue weighted by molar-refractivity contribution is -0.124. The molecule has 2 aromatic carbocycles. The molecule has 0 heterocycles. The van der Waals surface area contributed by atoms with Gasteiger partial charge in [-0.2, -0.15) is 0 Å². The first-order valence-corrected chi connectivity index (χ1v) is 8.16. The van der Waals surface area contributed by atoms with E-state index in [-0.39, 0.29) is 11.8 Å². The third kappa shape index (κ3) is 4.44. The van der Waals surface area contributed by atoms with Crippen LogP contribution in [0.15, 0.2) is 54.6 Å². The number of amides is 2. The summed E-state index contributed by atoms with van der Waals surface area (Å²) in [5.41, 5.74) is 1.55. The van der Waals surface area contributed by atoms with Gasteiger partial charge in [-0.3, -0.25) is 9.59 Å². The third-order valence-corrected chi connectivity index (χ3v) is 4.21. The van der Waals surface area contributed by atoms with Gasteiger partial charge in [-0.15, -0.1) is 0 Å². The molecule has 0 saturated carbocycles. The minimum atomic E-state index is -0.479. The highest BCUT2D eigenvalue weighted by molar-refractivity contribution is 6.04. The number of anilines is 1. The summed E-state index contributed by atoms with van der Waals surface area (Å²) in [6, 6.07) is 16.8. The molecule has 2 rings (SSSR count). The van der Waals surface area contributed by atoms with Crippen molar-refractivity contribution in [2.45, 2.75) is 33.7 Å². The monoisotopic (exact) mass is 324 g/mol. The number of hydrogen-bond acceptors (Lipinski definition) is 2. The molecule has 4 nitrogen and oxygen atoms in total. The largest absolute Gasteiger partial charge is 0.348 e.